The summed E-state index contributed by atoms with van der Waals surface area (Å²) in [5.74, 6) is 1.01. The quantitative estimate of drug-likeness (QED) is 0.318. The van der Waals surface area contributed by atoms with Gasteiger partial charge in [-0.05, 0) is 44.7 Å². The van der Waals surface area contributed by atoms with Crippen molar-refractivity contribution in [1.82, 2.24) is 15.1 Å². The van der Waals surface area contributed by atoms with Crippen molar-refractivity contribution in [3.63, 3.8) is 0 Å². The lowest BCUT2D eigenvalue weighted by Crippen LogP contribution is -2.48. The summed E-state index contributed by atoms with van der Waals surface area (Å²) >= 11 is 0. The van der Waals surface area contributed by atoms with Crippen molar-refractivity contribution in [3.05, 3.63) is 35.9 Å². The maximum Gasteiger partial charge on any atom is 0.193 e. The number of hydrogen-bond donors (Lipinski definition) is 1. The molecule has 170 valence electrons. The van der Waals surface area contributed by atoms with Gasteiger partial charge in [0.2, 0.25) is 0 Å². The minimum atomic E-state index is 0. The zero-order chi connectivity index (χ0) is 20.3. The van der Waals surface area contributed by atoms with Gasteiger partial charge in [-0.3, -0.25) is 4.99 Å². The van der Waals surface area contributed by atoms with E-state index in [4.69, 9.17) is 9.47 Å². The van der Waals surface area contributed by atoms with Gasteiger partial charge >= 0.3 is 0 Å². The largest absolute Gasteiger partial charge is 0.376 e. The van der Waals surface area contributed by atoms with Gasteiger partial charge in [0, 0.05) is 46.4 Å². The summed E-state index contributed by atoms with van der Waals surface area (Å²) in [7, 11) is 4.04. The van der Waals surface area contributed by atoms with Crippen LogP contribution in [0.2, 0.25) is 0 Å². The fraction of sp³-hybridized carbons (Fsp3) is 0.696. The monoisotopic (exact) mass is 530 g/mol. The molecule has 0 aromatic heterocycles. The Hall–Kier alpha value is -0.900. The molecule has 1 unspecified atom stereocenters. The van der Waals surface area contributed by atoms with E-state index in [1.54, 1.807) is 0 Å². The highest BCUT2D eigenvalue weighted by Crippen LogP contribution is 2.18. The summed E-state index contributed by atoms with van der Waals surface area (Å²) in [6.45, 7) is 6.49. The molecule has 7 heteroatoms. The Labute approximate surface area is 199 Å². The molecule has 2 aliphatic heterocycles. The van der Waals surface area contributed by atoms with Crippen LogP contribution in [0.25, 0.3) is 0 Å². The van der Waals surface area contributed by atoms with Gasteiger partial charge in [0.25, 0.3) is 0 Å². The van der Waals surface area contributed by atoms with Crippen LogP contribution in [0.4, 0.5) is 0 Å². The molecule has 6 nitrogen and oxygen atoms in total. The van der Waals surface area contributed by atoms with Gasteiger partial charge in [-0.15, -0.1) is 24.0 Å². The number of guanidine groups is 1. The van der Waals surface area contributed by atoms with Gasteiger partial charge in [-0.25, -0.2) is 0 Å². The molecule has 2 saturated heterocycles. The highest BCUT2D eigenvalue weighted by Gasteiger charge is 2.23. The Bertz CT molecular complexity index is 602. The molecule has 0 amide bonds. The number of hydrogen-bond acceptors (Lipinski definition) is 4. The lowest BCUT2D eigenvalue weighted by molar-refractivity contribution is -0.0721. The highest BCUT2D eigenvalue weighted by molar-refractivity contribution is 14.0. The molecule has 3 rings (SSSR count). The zero-order valence-corrected chi connectivity index (χ0v) is 20.9. The van der Waals surface area contributed by atoms with Crippen LogP contribution in [0.1, 0.15) is 37.7 Å². The molecule has 0 radical (unpaired) electrons. The predicted molar refractivity (Wildman–Crippen MR) is 134 cm³/mol. The van der Waals surface area contributed by atoms with Crippen LogP contribution in [0.15, 0.2) is 35.3 Å². The molecule has 1 N–H and O–H groups in total. The summed E-state index contributed by atoms with van der Waals surface area (Å²) in [6, 6.07) is 10.6. The second kappa shape index (κ2) is 14.2. The molecule has 2 fully saturated rings. The third-order valence-electron chi connectivity index (χ3n) is 5.82. The number of halogens is 1. The normalized spacial score (nSPS) is 20.8. The van der Waals surface area contributed by atoms with Gasteiger partial charge in [-0.1, -0.05) is 30.3 Å². The molecular weight excluding hydrogens is 491 g/mol. The summed E-state index contributed by atoms with van der Waals surface area (Å²) < 4.78 is 11.9. The zero-order valence-electron chi connectivity index (χ0n) is 18.6. The Morgan fingerprint density at radius 2 is 1.97 bits per heavy atom. The van der Waals surface area contributed by atoms with Crippen molar-refractivity contribution in [2.75, 3.05) is 53.5 Å². The molecule has 0 bridgehead atoms. The van der Waals surface area contributed by atoms with Gasteiger partial charge in [0.1, 0.15) is 0 Å². The minimum absolute atomic E-state index is 0. The highest BCUT2D eigenvalue weighted by atomic mass is 127. The number of nitrogens with zero attached hydrogens (tertiary/aromatic N) is 3. The van der Waals surface area contributed by atoms with Crippen molar-refractivity contribution in [3.8, 4) is 0 Å². The summed E-state index contributed by atoms with van der Waals surface area (Å²) in [6.07, 6.45) is 6.39. The second-order valence-electron chi connectivity index (χ2n) is 8.21. The number of piperidine rings is 1. The van der Waals surface area contributed by atoms with Crippen LogP contribution < -0.4 is 5.32 Å². The number of rotatable bonds is 8. The molecule has 1 atom stereocenters. The number of ether oxygens (including phenoxy) is 2. The third-order valence-corrected chi connectivity index (χ3v) is 5.82. The minimum Gasteiger partial charge on any atom is -0.376 e. The number of nitrogens with one attached hydrogen (secondary N) is 1. The average Bonchev–Trinajstić information content (AvgIpc) is 2.77. The maximum atomic E-state index is 6.13. The molecule has 30 heavy (non-hydrogen) atoms. The smallest absolute Gasteiger partial charge is 0.193 e. The van der Waals surface area contributed by atoms with Crippen molar-refractivity contribution < 1.29 is 9.47 Å². The van der Waals surface area contributed by atoms with Crippen LogP contribution >= 0.6 is 24.0 Å². The van der Waals surface area contributed by atoms with Crippen LogP contribution in [-0.4, -0.2) is 81.5 Å². The van der Waals surface area contributed by atoms with Crippen molar-refractivity contribution in [1.29, 1.82) is 0 Å². The van der Waals surface area contributed by atoms with E-state index in [1.165, 1.54) is 18.4 Å². The molecule has 2 aliphatic rings. The SMILES string of the molecule is CN=C(NCCN(C)Cc1ccccc1)N1CCC(OCC2CCCCO2)CC1.I. The van der Waals surface area contributed by atoms with Crippen LogP contribution in [-0.2, 0) is 16.0 Å². The third kappa shape index (κ3) is 8.69. The van der Waals surface area contributed by atoms with Crippen molar-refractivity contribution in [2.24, 2.45) is 4.99 Å². The van der Waals surface area contributed by atoms with Crippen LogP contribution in [0.3, 0.4) is 0 Å². The number of benzene rings is 1. The first-order valence-corrected chi connectivity index (χ1v) is 11.2. The van der Waals surface area contributed by atoms with Crippen LogP contribution in [0, 0.1) is 0 Å². The Kier molecular flexibility index (Phi) is 12.0. The summed E-state index contributed by atoms with van der Waals surface area (Å²) in [5.41, 5.74) is 1.35. The second-order valence-corrected chi connectivity index (χ2v) is 8.21. The Balaban J connectivity index is 0.00000320. The fourth-order valence-corrected chi connectivity index (χ4v) is 4.08. The van der Waals surface area contributed by atoms with E-state index in [1.807, 2.05) is 7.05 Å². The van der Waals surface area contributed by atoms with E-state index in [-0.39, 0.29) is 24.0 Å². The fourth-order valence-electron chi connectivity index (χ4n) is 4.08. The van der Waals surface area contributed by atoms with Crippen molar-refractivity contribution in [2.45, 2.75) is 50.9 Å². The average molecular weight is 530 g/mol. The number of likely N-dealkylation sites (N-methyl/N-ethyl adjacent to an activating group) is 1. The number of likely N-dealkylation sites (tertiary alicyclic amines) is 1. The Morgan fingerprint density at radius 1 is 1.20 bits per heavy atom. The first kappa shape index (κ1) is 25.4. The van der Waals surface area contributed by atoms with E-state index >= 15 is 0 Å². The van der Waals surface area contributed by atoms with E-state index in [0.717, 1.165) is 71.2 Å². The lowest BCUT2D eigenvalue weighted by atomic mass is 10.1. The first-order valence-electron chi connectivity index (χ1n) is 11.2. The molecule has 0 aliphatic carbocycles. The Morgan fingerprint density at radius 3 is 2.63 bits per heavy atom. The summed E-state index contributed by atoms with van der Waals surface area (Å²) in [5, 5.41) is 3.53. The van der Waals surface area contributed by atoms with E-state index < -0.39 is 0 Å². The molecule has 0 spiro atoms. The molecule has 1 aromatic rings. The molecule has 0 saturated carbocycles. The topological polar surface area (TPSA) is 49.3 Å². The van der Waals surface area contributed by atoms with E-state index in [9.17, 15) is 0 Å². The van der Waals surface area contributed by atoms with Gasteiger partial charge in [0.15, 0.2) is 5.96 Å². The van der Waals surface area contributed by atoms with Crippen LogP contribution in [0.5, 0.6) is 0 Å². The molecule has 1 aromatic carbocycles. The molecular formula is C23H39IN4O2. The van der Waals surface area contributed by atoms with E-state index in [2.05, 4.69) is 57.5 Å². The van der Waals surface area contributed by atoms with Gasteiger partial charge in [0.05, 0.1) is 18.8 Å². The van der Waals surface area contributed by atoms with Crippen molar-refractivity contribution >= 4 is 29.9 Å². The standard InChI is InChI=1S/C23H38N4O2.HI/c1-24-23(25-13-16-26(2)18-20-8-4-3-5-9-20)27-14-11-21(12-15-27)29-19-22-10-6-7-17-28-22;/h3-5,8-9,21-22H,6-7,10-19H2,1-2H3,(H,24,25);1H. The van der Waals surface area contributed by atoms with Gasteiger partial charge in [-0.2, -0.15) is 0 Å². The van der Waals surface area contributed by atoms with E-state index in [0.29, 0.717) is 12.2 Å². The van der Waals surface area contributed by atoms with Gasteiger partial charge < -0.3 is 24.6 Å². The predicted octanol–water partition coefficient (Wildman–Crippen LogP) is 3.36. The molecule has 2 heterocycles. The maximum absolute atomic E-state index is 6.13. The summed E-state index contributed by atoms with van der Waals surface area (Å²) in [4.78, 5) is 9.18. The lowest BCUT2D eigenvalue weighted by Gasteiger charge is -2.35. The first-order chi connectivity index (χ1) is 14.2. The number of aliphatic imine (C=N–C) groups is 1.